The molecule has 0 aliphatic carbocycles. The summed E-state index contributed by atoms with van der Waals surface area (Å²) in [6.45, 7) is 2.08. The lowest BCUT2D eigenvalue weighted by molar-refractivity contribution is 0.173. The highest BCUT2D eigenvalue weighted by molar-refractivity contribution is 5.82. The SMILES string of the molecule is c1cc(Cc2cc3c(c(Nc4cnc5ccccc5c4)n2)CCNC3)c2c(c1)OCO2. The van der Waals surface area contributed by atoms with Gasteiger partial charge in [0.15, 0.2) is 11.5 Å². The summed E-state index contributed by atoms with van der Waals surface area (Å²) in [4.78, 5) is 9.60. The van der Waals surface area contributed by atoms with Crippen LogP contribution in [0.5, 0.6) is 11.5 Å². The smallest absolute Gasteiger partial charge is 0.231 e. The number of hydrogen-bond donors (Lipinski definition) is 2. The molecule has 4 heterocycles. The molecule has 0 saturated heterocycles. The molecule has 2 aromatic heterocycles. The van der Waals surface area contributed by atoms with Gasteiger partial charge in [0.25, 0.3) is 0 Å². The summed E-state index contributed by atoms with van der Waals surface area (Å²) in [5, 5.41) is 8.13. The van der Waals surface area contributed by atoms with Gasteiger partial charge in [-0.25, -0.2) is 4.98 Å². The van der Waals surface area contributed by atoms with Gasteiger partial charge in [-0.1, -0.05) is 30.3 Å². The van der Waals surface area contributed by atoms with Crippen LogP contribution in [0.25, 0.3) is 10.9 Å². The van der Waals surface area contributed by atoms with Gasteiger partial charge in [0.05, 0.1) is 17.4 Å². The summed E-state index contributed by atoms with van der Waals surface area (Å²) >= 11 is 0. The molecule has 154 valence electrons. The van der Waals surface area contributed by atoms with Crippen LogP contribution in [0.3, 0.4) is 0 Å². The molecule has 4 aromatic rings. The Kier molecular flexibility index (Phi) is 4.43. The topological polar surface area (TPSA) is 68.3 Å². The predicted molar refractivity (Wildman–Crippen MR) is 120 cm³/mol. The number of pyridine rings is 2. The number of aromatic nitrogens is 2. The second kappa shape index (κ2) is 7.56. The van der Waals surface area contributed by atoms with Crippen molar-refractivity contribution >= 4 is 22.4 Å². The van der Waals surface area contributed by atoms with Crippen molar-refractivity contribution in [2.24, 2.45) is 0 Å². The monoisotopic (exact) mass is 410 g/mol. The van der Waals surface area contributed by atoms with Crippen molar-refractivity contribution < 1.29 is 9.47 Å². The van der Waals surface area contributed by atoms with Crippen molar-refractivity contribution in [3.63, 3.8) is 0 Å². The zero-order chi connectivity index (χ0) is 20.6. The van der Waals surface area contributed by atoms with E-state index in [1.165, 1.54) is 11.1 Å². The van der Waals surface area contributed by atoms with E-state index in [4.69, 9.17) is 14.5 Å². The molecular weight excluding hydrogens is 388 g/mol. The van der Waals surface area contributed by atoms with E-state index in [9.17, 15) is 0 Å². The van der Waals surface area contributed by atoms with Gasteiger partial charge in [-0.15, -0.1) is 0 Å². The Morgan fingerprint density at radius 1 is 1.03 bits per heavy atom. The van der Waals surface area contributed by atoms with Crippen molar-refractivity contribution in [1.82, 2.24) is 15.3 Å². The van der Waals surface area contributed by atoms with Crippen LogP contribution in [0.4, 0.5) is 11.5 Å². The fourth-order valence-electron chi connectivity index (χ4n) is 4.35. The number of hydrogen-bond acceptors (Lipinski definition) is 6. The van der Waals surface area contributed by atoms with E-state index in [-0.39, 0.29) is 6.79 Å². The molecule has 31 heavy (non-hydrogen) atoms. The van der Waals surface area contributed by atoms with Crippen LogP contribution in [0.2, 0.25) is 0 Å². The van der Waals surface area contributed by atoms with Gasteiger partial charge in [-0.05, 0) is 42.8 Å². The highest BCUT2D eigenvalue weighted by Gasteiger charge is 2.20. The molecule has 2 aliphatic heterocycles. The highest BCUT2D eigenvalue weighted by atomic mass is 16.7. The number of benzene rings is 2. The number of anilines is 2. The van der Waals surface area contributed by atoms with E-state index in [2.05, 4.69) is 39.9 Å². The van der Waals surface area contributed by atoms with Crippen molar-refractivity contribution in [3.05, 3.63) is 83.2 Å². The third-order valence-electron chi connectivity index (χ3n) is 5.84. The van der Waals surface area contributed by atoms with Gasteiger partial charge < -0.3 is 20.1 Å². The quantitative estimate of drug-likeness (QED) is 0.522. The van der Waals surface area contributed by atoms with Gasteiger partial charge in [0.2, 0.25) is 6.79 Å². The lowest BCUT2D eigenvalue weighted by atomic mass is 9.99. The maximum atomic E-state index is 5.69. The van der Waals surface area contributed by atoms with Gasteiger partial charge in [-0.3, -0.25) is 4.98 Å². The third kappa shape index (κ3) is 3.45. The summed E-state index contributed by atoms with van der Waals surface area (Å²) in [7, 11) is 0. The fourth-order valence-corrected chi connectivity index (χ4v) is 4.35. The van der Waals surface area contributed by atoms with E-state index < -0.39 is 0 Å². The minimum Gasteiger partial charge on any atom is -0.454 e. The molecule has 2 aromatic carbocycles. The number of fused-ring (bicyclic) bond motifs is 3. The zero-order valence-corrected chi connectivity index (χ0v) is 17.0. The van der Waals surface area contributed by atoms with Crippen LogP contribution in [-0.2, 0) is 19.4 Å². The Hall–Kier alpha value is -3.64. The fraction of sp³-hybridized carbons (Fsp3) is 0.200. The molecule has 6 rings (SSSR count). The van der Waals surface area contributed by atoms with Crippen LogP contribution in [0.1, 0.15) is 22.4 Å². The standard InChI is InChI=1S/C25H22N4O2/c1-2-6-22-16(4-1)10-20(14-27-22)29-25-21-8-9-26-13-18(21)12-19(28-25)11-17-5-3-7-23-24(17)31-15-30-23/h1-7,10,12,14,26H,8-9,11,13,15H2,(H,28,29). The Morgan fingerprint density at radius 3 is 3.00 bits per heavy atom. The third-order valence-corrected chi connectivity index (χ3v) is 5.84. The van der Waals surface area contributed by atoms with E-state index in [0.29, 0.717) is 6.42 Å². The largest absolute Gasteiger partial charge is 0.454 e. The molecule has 0 saturated carbocycles. The summed E-state index contributed by atoms with van der Waals surface area (Å²) < 4.78 is 11.2. The van der Waals surface area contributed by atoms with E-state index in [0.717, 1.165) is 64.7 Å². The average molecular weight is 410 g/mol. The summed E-state index contributed by atoms with van der Waals surface area (Å²) in [5.41, 5.74) is 6.58. The van der Waals surface area contributed by atoms with Crippen molar-refractivity contribution in [2.75, 3.05) is 18.7 Å². The molecule has 2 aliphatic rings. The lowest BCUT2D eigenvalue weighted by Crippen LogP contribution is -2.25. The number of rotatable bonds is 4. The molecule has 0 amide bonds. The number of para-hydroxylation sites is 2. The summed E-state index contributed by atoms with van der Waals surface area (Å²) in [5.74, 6) is 2.54. The molecule has 6 heteroatoms. The Morgan fingerprint density at radius 2 is 2.00 bits per heavy atom. The second-order valence-electron chi connectivity index (χ2n) is 7.90. The zero-order valence-electron chi connectivity index (χ0n) is 17.0. The predicted octanol–water partition coefficient (Wildman–Crippen LogP) is 4.34. The molecule has 6 nitrogen and oxygen atoms in total. The van der Waals surface area contributed by atoms with E-state index in [1.807, 2.05) is 36.5 Å². The van der Waals surface area contributed by atoms with Crippen LogP contribution in [0, 0.1) is 0 Å². The molecule has 0 atom stereocenters. The van der Waals surface area contributed by atoms with Gasteiger partial charge in [0, 0.05) is 35.2 Å². The summed E-state index contributed by atoms with van der Waals surface area (Å²) in [6, 6.07) is 18.5. The highest BCUT2D eigenvalue weighted by Crippen LogP contribution is 2.37. The van der Waals surface area contributed by atoms with Gasteiger partial charge in [0.1, 0.15) is 5.82 Å². The Bertz CT molecular complexity index is 1290. The maximum absolute atomic E-state index is 5.69. The van der Waals surface area contributed by atoms with Gasteiger partial charge in [-0.2, -0.15) is 0 Å². The number of nitrogens with zero attached hydrogens (tertiary/aromatic N) is 2. The molecular formula is C25H22N4O2. The first-order chi connectivity index (χ1) is 15.3. The van der Waals surface area contributed by atoms with Crippen LogP contribution < -0.4 is 20.1 Å². The molecule has 0 fully saturated rings. The first kappa shape index (κ1) is 18.2. The molecule has 0 radical (unpaired) electrons. The second-order valence-corrected chi connectivity index (χ2v) is 7.90. The normalized spacial score (nSPS) is 14.5. The minimum atomic E-state index is 0.273. The van der Waals surface area contributed by atoms with Gasteiger partial charge >= 0.3 is 0 Å². The molecule has 0 bridgehead atoms. The van der Waals surface area contributed by atoms with Crippen molar-refractivity contribution in [3.8, 4) is 11.5 Å². The average Bonchev–Trinajstić information content (AvgIpc) is 3.29. The van der Waals surface area contributed by atoms with E-state index >= 15 is 0 Å². The Balaban J connectivity index is 1.37. The molecule has 0 spiro atoms. The number of ether oxygens (including phenoxy) is 2. The van der Waals surface area contributed by atoms with Crippen LogP contribution in [-0.4, -0.2) is 23.3 Å². The summed E-state index contributed by atoms with van der Waals surface area (Å²) in [6.07, 6.45) is 3.51. The van der Waals surface area contributed by atoms with E-state index in [1.54, 1.807) is 0 Å². The molecule has 0 unspecified atom stereocenters. The van der Waals surface area contributed by atoms with Crippen molar-refractivity contribution in [1.29, 1.82) is 0 Å². The Labute approximate surface area is 180 Å². The first-order valence-electron chi connectivity index (χ1n) is 10.6. The number of nitrogens with one attached hydrogen (secondary N) is 2. The van der Waals surface area contributed by atoms with Crippen LogP contribution >= 0.6 is 0 Å². The minimum absolute atomic E-state index is 0.273. The lowest BCUT2D eigenvalue weighted by Gasteiger charge is -2.22. The van der Waals surface area contributed by atoms with Crippen molar-refractivity contribution in [2.45, 2.75) is 19.4 Å². The maximum Gasteiger partial charge on any atom is 0.231 e. The van der Waals surface area contributed by atoms with Crippen LogP contribution in [0.15, 0.2) is 60.8 Å². The molecule has 2 N–H and O–H groups in total. The first-order valence-corrected chi connectivity index (χ1v) is 10.6.